The average Bonchev–Trinajstić information content (AvgIpc) is 3.31. The summed E-state index contributed by atoms with van der Waals surface area (Å²) in [6, 6.07) is 17.3. The van der Waals surface area contributed by atoms with Crippen molar-refractivity contribution in [1.82, 2.24) is 4.57 Å². The van der Waals surface area contributed by atoms with Crippen molar-refractivity contribution in [2.45, 2.75) is 0 Å². The normalized spacial score (nSPS) is 11.2. The van der Waals surface area contributed by atoms with Crippen molar-refractivity contribution in [1.29, 1.82) is 5.26 Å². The largest absolute Gasteiger partial charge is 0.457 e. The summed E-state index contributed by atoms with van der Waals surface area (Å²) in [5.74, 6) is 0.0709. The number of para-hydroxylation sites is 1. The predicted octanol–water partition coefficient (Wildman–Crippen LogP) is 6.03. The van der Waals surface area contributed by atoms with Crippen LogP contribution in [-0.4, -0.2) is 10.5 Å². The number of benzene rings is 2. The standard InChI is InChI=1S/C22H12BrFN2O2/c23-15-5-8-18(19(24)11-15)21-9-6-16(28-21)7-10-22(27)26-13-14(12-25)17-3-1-2-4-20(17)26/h1-11,13H/b10-7+. The Morgan fingerprint density at radius 2 is 2.00 bits per heavy atom. The van der Waals surface area contributed by atoms with Gasteiger partial charge in [-0.1, -0.05) is 34.1 Å². The third kappa shape index (κ3) is 3.28. The molecule has 0 saturated heterocycles. The number of hydrogen-bond donors (Lipinski definition) is 0. The molecule has 0 spiro atoms. The van der Waals surface area contributed by atoms with Crippen LogP contribution < -0.4 is 0 Å². The Bertz CT molecular complexity index is 1280. The van der Waals surface area contributed by atoms with Crippen molar-refractivity contribution in [2.75, 3.05) is 0 Å². The molecule has 2 heterocycles. The lowest BCUT2D eigenvalue weighted by Gasteiger charge is -2.00. The second-order valence-corrected chi connectivity index (χ2v) is 6.96. The number of aromatic nitrogens is 1. The molecule has 4 nitrogen and oxygen atoms in total. The summed E-state index contributed by atoms with van der Waals surface area (Å²) in [7, 11) is 0. The van der Waals surface area contributed by atoms with Crippen LogP contribution >= 0.6 is 15.9 Å². The van der Waals surface area contributed by atoms with Gasteiger partial charge in [0.2, 0.25) is 0 Å². The van der Waals surface area contributed by atoms with Crippen molar-refractivity contribution < 1.29 is 13.6 Å². The van der Waals surface area contributed by atoms with Crippen LogP contribution in [0.1, 0.15) is 16.1 Å². The molecule has 6 heteroatoms. The number of rotatable bonds is 3. The monoisotopic (exact) mass is 434 g/mol. The maximum Gasteiger partial charge on any atom is 0.255 e. The van der Waals surface area contributed by atoms with E-state index >= 15 is 0 Å². The highest BCUT2D eigenvalue weighted by Crippen LogP contribution is 2.28. The Hall–Kier alpha value is -3.43. The molecule has 0 amide bonds. The van der Waals surface area contributed by atoms with Crippen LogP contribution in [-0.2, 0) is 0 Å². The van der Waals surface area contributed by atoms with Crippen molar-refractivity contribution in [3.05, 3.63) is 88.5 Å². The van der Waals surface area contributed by atoms with E-state index in [4.69, 9.17) is 4.42 Å². The quantitative estimate of drug-likeness (QED) is 0.370. The first-order chi connectivity index (χ1) is 13.6. The van der Waals surface area contributed by atoms with Crippen molar-refractivity contribution in [3.8, 4) is 17.4 Å². The fourth-order valence-corrected chi connectivity index (χ4v) is 3.29. The van der Waals surface area contributed by atoms with Crippen molar-refractivity contribution in [2.24, 2.45) is 0 Å². The summed E-state index contributed by atoms with van der Waals surface area (Å²) in [4.78, 5) is 12.6. The number of nitriles is 1. The van der Waals surface area contributed by atoms with E-state index in [0.29, 0.717) is 32.6 Å². The van der Waals surface area contributed by atoms with Crippen LogP contribution in [0.5, 0.6) is 0 Å². The number of nitrogens with zero attached hydrogens (tertiary/aromatic N) is 2. The molecule has 136 valence electrons. The number of carbonyl (C=O) groups is 1. The van der Waals surface area contributed by atoms with Gasteiger partial charge in [-0.15, -0.1) is 0 Å². The van der Waals surface area contributed by atoms with Gasteiger partial charge in [0.15, 0.2) is 0 Å². The molecule has 0 atom stereocenters. The SMILES string of the molecule is N#Cc1cn(C(=O)/C=C/c2ccc(-c3ccc(Br)cc3F)o2)c2ccccc12. The van der Waals surface area contributed by atoms with Crippen LogP contribution in [0.15, 0.2) is 75.8 Å². The lowest BCUT2D eigenvalue weighted by atomic mass is 10.1. The van der Waals surface area contributed by atoms with Gasteiger partial charge in [-0.25, -0.2) is 4.39 Å². The molecule has 2 aromatic carbocycles. The number of carbonyl (C=O) groups excluding carboxylic acids is 1. The van der Waals surface area contributed by atoms with Gasteiger partial charge < -0.3 is 4.42 Å². The number of fused-ring (bicyclic) bond motifs is 1. The Morgan fingerprint density at radius 3 is 2.79 bits per heavy atom. The van der Waals surface area contributed by atoms with Gasteiger partial charge in [-0.2, -0.15) is 5.26 Å². The number of furan rings is 1. The van der Waals surface area contributed by atoms with Gasteiger partial charge in [0.1, 0.15) is 23.4 Å². The molecule has 2 aromatic heterocycles. The Morgan fingerprint density at radius 1 is 1.18 bits per heavy atom. The van der Waals surface area contributed by atoms with E-state index in [2.05, 4.69) is 22.0 Å². The van der Waals surface area contributed by atoms with Gasteiger partial charge >= 0.3 is 0 Å². The van der Waals surface area contributed by atoms with E-state index in [-0.39, 0.29) is 5.91 Å². The molecular formula is C22H12BrFN2O2. The molecule has 0 N–H and O–H groups in total. The molecule has 28 heavy (non-hydrogen) atoms. The van der Waals surface area contributed by atoms with E-state index in [9.17, 15) is 14.4 Å². The molecule has 0 fully saturated rings. The fourth-order valence-electron chi connectivity index (χ4n) is 2.96. The zero-order valence-corrected chi connectivity index (χ0v) is 16.0. The van der Waals surface area contributed by atoms with Crippen LogP contribution in [0.4, 0.5) is 4.39 Å². The molecule has 0 bridgehead atoms. The molecule has 0 unspecified atom stereocenters. The van der Waals surface area contributed by atoms with Crippen LogP contribution in [0, 0.1) is 17.1 Å². The Balaban J connectivity index is 1.61. The summed E-state index contributed by atoms with van der Waals surface area (Å²) in [5, 5.41) is 9.97. The van der Waals surface area contributed by atoms with Crippen molar-refractivity contribution in [3.63, 3.8) is 0 Å². The van der Waals surface area contributed by atoms with Gasteiger partial charge in [0.05, 0.1) is 16.6 Å². The summed E-state index contributed by atoms with van der Waals surface area (Å²) in [6.07, 6.45) is 4.39. The smallest absolute Gasteiger partial charge is 0.255 e. The Kier molecular flexibility index (Phi) is 4.68. The predicted molar refractivity (Wildman–Crippen MR) is 108 cm³/mol. The van der Waals surface area contributed by atoms with Crippen LogP contribution in [0.25, 0.3) is 28.3 Å². The molecule has 4 rings (SSSR count). The van der Waals surface area contributed by atoms with Gasteiger partial charge in [-0.3, -0.25) is 9.36 Å². The van der Waals surface area contributed by atoms with E-state index in [1.54, 1.807) is 36.4 Å². The summed E-state index contributed by atoms with van der Waals surface area (Å²) in [6.45, 7) is 0. The maximum atomic E-state index is 14.1. The Labute approximate surface area is 168 Å². The topological polar surface area (TPSA) is 58.9 Å². The highest BCUT2D eigenvalue weighted by atomic mass is 79.9. The minimum absolute atomic E-state index is 0.314. The number of allylic oxidation sites excluding steroid dienone is 1. The van der Waals surface area contributed by atoms with E-state index in [1.165, 1.54) is 29.0 Å². The molecule has 0 aliphatic heterocycles. The first kappa shape index (κ1) is 18.0. The second-order valence-electron chi connectivity index (χ2n) is 6.04. The lowest BCUT2D eigenvalue weighted by Crippen LogP contribution is -2.04. The molecule has 0 saturated carbocycles. The first-order valence-electron chi connectivity index (χ1n) is 8.34. The summed E-state index contributed by atoms with van der Waals surface area (Å²) < 4.78 is 21.8. The van der Waals surface area contributed by atoms with E-state index < -0.39 is 5.82 Å². The molecule has 4 aromatic rings. The average molecular weight is 435 g/mol. The molecule has 0 radical (unpaired) electrons. The zero-order chi connectivity index (χ0) is 19.7. The number of halogens is 2. The molecular weight excluding hydrogens is 423 g/mol. The molecule has 0 aliphatic rings. The van der Waals surface area contributed by atoms with Gasteiger partial charge in [0.25, 0.3) is 5.91 Å². The minimum Gasteiger partial charge on any atom is -0.457 e. The summed E-state index contributed by atoms with van der Waals surface area (Å²) >= 11 is 3.22. The van der Waals surface area contributed by atoms with Crippen LogP contribution in [0.2, 0.25) is 0 Å². The second kappa shape index (κ2) is 7.29. The first-order valence-corrected chi connectivity index (χ1v) is 9.14. The van der Waals surface area contributed by atoms with E-state index in [0.717, 1.165) is 5.39 Å². The van der Waals surface area contributed by atoms with Crippen LogP contribution in [0.3, 0.4) is 0 Å². The molecule has 0 aliphatic carbocycles. The van der Waals surface area contributed by atoms with Crippen molar-refractivity contribution >= 4 is 38.8 Å². The maximum absolute atomic E-state index is 14.1. The highest BCUT2D eigenvalue weighted by Gasteiger charge is 2.12. The lowest BCUT2D eigenvalue weighted by molar-refractivity contribution is 0.0974. The zero-order valence-electron chi connectivity index (χ0n) is 14.4. The van der Waals surface area contributed by atoms with Gasteiger partial charge in [-0.05, 0) is 42.5 Å². The summed E-state index contributed by atoms with van der Waals surface area (Å²) in [5.41, 5.74) is 1.43. The van der Waals surface area contributed by atoms with Gasteiger partial charge in [0, 0.05) is 22.1 Å². The third-order valence-electron chi connectivity index (χ3n) is 4.28. The third-order valence-corrected chi connectivity index (χ3v) is 4.78. The number of hydrogen-bond acceptors (Lipinski definition) is 3. The minimum atomic E-state index is -0.404. The fraction of sp³-hybridized carbons (Fsp3) is 0. The van der Waals surface area contributed by atoms with E-state index in [1.807, 2.05) is 12.1 Å². The highest BCUT2D eigenvalue weighted by molar-refractivity contribution is 9.10.